The van der Waals surface area contributed by atoms with E-state index in [4.69, 9.17) is 0 Å². The quantitative estimate of drug-likeness (QED) is 0.281. The number of anilines is 1. The topological polar surface area (TPSA) is 59.8 Å². The molecular weight excluding hydrogens is 459 g/mol. The normalized spacial score (nSPS) is 12.1. The van der Waals surface area contributed by atoms with Crippen LogP contribution in [0.5, 0.6) is 0 Å². The molecule has 1 N–H and O–H groups in total. The van der Waals surface area contributed by atoms with Crippen LogP contribution in [0.3, 0.4) is 0 Å². The Kier molecular flexibility index (Phi) is 7.66. The van der Waals surface area contributed by atoms with E-state index < -0.39 is 5.25 Å². The maximum atomic E-state index is 13.5. The van der Waals surface area contributed by atoms with E-state index in [2.05, 4.69) is 35.4 Å². The fraction of sp³-hybridized carbons (Fsp3) is 0.250. The van der Waals surface area contributed by atoms with Gasteiger partial charge in [0.2, 0.25) is 5.91 Å². The van der Waals surface area contributed by atoms with Gasteiger partial charge in [-0.25, -0.2) is 4.39 Å². The van der Waals surface area contributed by atoms with Gasteiger partial charge in [-0.3, -0.25) is 9.36 Å². The molecule has 4 rings (SSSR count). The lowest BCUT2D eigenvalue weighted by atomic mass is 9.98. The zero-order valence-corrected chi connectivity index (χ0v) is 21.1. The summed E-state index contributed by atoms with van der Waals surface area (Å²) in [5, 5.41) is 12.2. The van der Waals surface area contributed by atoms with Gasteiger partial charge in [-0.1, -0.05) is 74.1 Å². The summed E-state index contributed by atoms with van der Waals surface area (Å²) in [6.45, 7) is 8.64. The highest BCUT2D eigenvalue weighted by Gasteiger charge is 2.22. The van der Waals surface area contributed by atoms with Crippen molar-refractivity contribution < 1.29 is 9.18 Å². The second kappa shape index (κ2) is 10.9. The van der Waals surface area contributed by atoms with E-state index >= 15 is 0 Å². The number of para-hydroxylation sites is 1. The van der Waals surface area contributed by atoms with Crippen molar-refractivity contribution in [2.75, 3.05) is 5.32 Å². The molecule has 1 atom stereocenters. The Morgan fingerprint density at radius 3 is 2.37 bits per heavy atom. The van der Waals surface area contributed by atoms with Gasteiger partial charge in [0.15, 0.2) is 11.0 Å². The number of hydrogen-bond acceptors (Lipinski definition) is 4. The molecule has 1 amide bonds. The summed E-state index contributed by atoms with van der Waals surface area (Å²) in [5.41, 5.74) is 4.86. The van der Waals surface area contributed by atoms with Gasteiger partial charge in [-0.15, -0.1) is 10.2 Å². The highest BCUT2D eigenvalue weighted by molar-refractivity contribution is 8.00. The molecule has 0 saturated heterocycles. The van der Waals surface area contributed by atoms with Crippen LogP contribution >= 0.6 is 11.8 Å². The van der Waals surface area contributed by atoms with Crippen LogP contribution in [0.1, 0.15) is 43.4 Å². The summed E-state index contributed by atoms with van der Waals surface area (Å²) in [4.78, 5) is 13.2. The lowest BCUT2D eigenvalue weighted by Crippen LogP contribution is -2.24. The largest absolute Gasteiger partial charge is 0.325 e. The van der Waals surface area contributed by atoms with Gasteiger partial charge in [0.05, 0.1) is 11.8 Å². The fourth-order valence-electron chi connectivity index (χ4n) is 3.88. The maximum absolute atomic E-state index is 13.5. The number of aromatic nitrogens is 3. The number of carbonyl (C=O) groups excluding carboxylic acids is 1. The average molecular weight is 489 g/mol. The minimum atomic E-state index is -0.408. The smallest absolute Gasteiger partial charge is 0.237 e. The highest BCUT2D eigenvalue weighted by Crippen LogP contribution is 2.31. The molecule has 35 heavy (non-hydrogen) atoms. The molecule has 0 saturated carbocycles. The molecule has 180 valence electrons. The number of nitrogens with zero attached hydrogens (tertiary/aromatic N) is 3. The average Bonchev–Trinajstić information content (AvgIpc) is 3.23. The van der Waals surface area contributed by atoms with Crippen LogP contribution in [0, 0.1) is 12.7 Å². The molecule has 0 fully saturated rings. The second-order valence-corrected chi connectivity index (χ2v) is 10.1. The summed E-state index contributed by atoms with van der Waals surface area (Å²) < 4.78 is 15.5. The summed E-state index contributed by atoms with van der Waals surface area (Å²) in [7, 11) is 0. The van der Waals surface area contributed by atoms with E-state index in [0.29, 0.717) is 23.4 Å². The van der Waals surface area contributed by atoms with Crippen molar-refractivity contribution in [3.63, 3.8) is 0 Å². The SMILES string of the molecule is Cc1cccc(C(C)C)c1NC(=O)C(C)Sc1nnc(-c2ccc(F)cc2)n1Cc1ccccc1. The van der Waals surface area contributed by atoms with Crippen LogP contribution in [0.25, 0.3) is 11.4 Å². The molecule has 1 unspecified atom stereocenters. The summed E-state index contributed by atoms with van der Waals surface area (Å²) in [6, 6.07) is 22.3. The molecule has 1 heterocycles. The summed E-state index contributed by atoms with van der Waals surface area (Å²) >= 11 is 1.36. The molecule has 0 radical (unpaired) electrons. The fourth-order valence-corrected chi connectivity index (χ4v) is 4.72. The zero-order valence-electron chi connectivity index (χ0n) is 20.3. The number of carbonyl (C=O) groups is 1. The second-order valence-electron chi connectivity index (χ2n) is 8.83. The van der Waals surface area contributed by atoms with Gasteiger partial charge >= 0.3 is 0 Å². The number of rotatable bonds is 8. The monoisotopic (exact) mass is 488 g/mol. The first-order valence-electron chi connectivity index (χ1n) is 11.6. The Labute approximate surface area is 209 Å². The molecule has 1 aromatic heterocycles. The van der Waals surface area contributed by atoms with E-state index in [1.54, 1.807) is 12.1 Å². The molecule has 0 aliphatic heterocycles. The molecule has 4 aromatic rings. The third kappa shape index (κ3) is 5.80. The van der Waals surface area contributed by atoms with Gasteiger partial charge in [0.1, 0.15) is 5.82 Å². The third-order valence-electron chi connectivity index (χ3n) is 5.83. The Bertz CT molecular complexity index is 1300. The summed E-state index contributed by atoms with van der Waals surface area (Å²) in [6.07, 6.45) is 0. The molecular formula is C28H29FN4OS. The van der Waals surface area contributed by atoms with Gasteiger partial charge in [0.25, 0.3) is 0 Å². The van der Waals surface area contributed by atoms with Crippen LogP contribution in [-0.2, 0) is 11.3 Å². The number of thioether (sulfide) groups is 1. The third-order valence-corrected chi connectivity index (χ3v) is 6.91. The van der Waals surface area contributed by atoms with Gasteiger partial charge < -0.3 is 5.32 Å². The van der Waals surface area contributed by atoms with Crippen LogP contribution in [0.4, 0.5) is 10.1 Å². The number of benzene rings is 3. The van der Waals surface area contributed by atoms with Crippen molar-refractivity contribution in [1.82, 2.24) is 14.8 Å². The van der Waals surface area contributed by atoms with Crippen LogP contribution in [0.2, 0.25) is 0 Å². The van der Waals surface area contributed by atoms with Crippen molar-refractivity contribution in [2.24, 2.45) is 0 Å². The lowest BCUT2D eigenvalue weighted by molar-refractivity contribution is -0.115. The number of hydrogen-bond donors (Lipinski definition) is 1. The minimum Gasteiger partial charge on any atom is -0.325 e. The van der Waals surface area contributed by atoms with Gasteiger partial charge in [0, 0.05) is 11.3 Å². The molecule has 7 heteroatoms. The van der Waals surface area contributed by atoms with E-state index in [-0.39, 0.29) is 11.7 Å². The van der Waals surface area contributed by atoms with Gasteiger partial charge in [-0.2, -0.15) is 0 Å². The molecule has 5 nitrogen and oxygen atoms in total. The first-order valence-corrected chi connectivity index (χ1v) is 12.5. The van der Waals surface area contributed by atoms with Crippen LogP contribution < -0.4 is 5.32 Å². The van der Waals surface area contributed by atoms with Crippen molar-refractivity contribution >= 4 is 23.4 Å². The van der Waals surface area contributed by atoms with Crippen LogP contribution in [-0.4, -0.2) is 25.9 Å². The number of halogens is 1. The Hall–Kier alpha value is -3.45. The first-order chi connectivity index (χ1) is 16.8. The van der Waals surface area contributed by atoms with Crippen molar-refractivity contribution in [2.45, 2.75) is 50.6 Å². The molecule has 3 aromatic carbocycles. The first kappa shape index (κ1) is 24.7. The highest BCUT2D eigenvalue weighted by atomic mass is 32.2. The predicted octanol–water partition coefficient (Wildman–Crippen LogP) is 6.68. The predicted molar refractivity (Wildman–Crippen MR) is 140 cm³/mol. The molecule has 0 aliphatic carbocycles. The Morgan fingerprint density at radius 1 is 0.971 bits per heavy atom. The zero-order chi connectivity index (χ0) is 24.9. The van der Waals surface area contributed by atoms with Crippen LogP contribution in [0.15, 0.2) is 78.0 Å². The number of amides is 1. The summed E-state index contributed by atoms with van der Waals surface area (Å²) in [5.74, 6) is 0.522. The number of aryl methyl sites for hydroxylation is 1. The molecule has 0 bridgehead atoms. The Balaban J connectivity index is 1.61. The molecule has 0 spiro atoms. The Morgan fingerprint density at radius 2 is 1.69 bits per heavy atom. The standard InChI is InChI=1S/C28H29FN4OS/c1-18(2)24-12-8-9-19(3)25(24)30-27(34)20(4)35-28-32-31-26(22-13-15-23(29)16-14-22)33(28)17-21-10-6-5-7-11-21/h5-16,18,20H,17H2,1-4H3,(H,30,34). The van der Waals surface area contributed by atoms with E-state index in [9.17, 15) is 9.18 Å². The van der Waals surface area contributed by atoms with E-state index in [1.165, 1.54) is 23.9 Å². The van der Waals surface area contributed by atoms with Gasteiger partial charge in [-0.05, 0) is 60.7 Å². The minimum absolute atomic E-state index is 0.0937. The van der Waals surface area contributed by atoms with E-state index in [0.717, 1.165) is 27.9 Å². The number of nitrogens with one attached hydrogen (secondary N) is 1. The maximum Gasteiger partial charge on any atom is 0.237 e. The van der Waals surface area contributed by atoms with E-state index in [1.807, 2.05) is 60.9 Å². The lowest BCUT2D eigenvalue weighted by Gasteiger charge is -2.19. The van der Waals surface area contributed by atoms with Crippen molar-refractivity contribution in [3.8, 4) is 11.4 Å². The van der Waals surface area contributed by atoms with Crippen molar-refractivity contribution in [3.05, 3.63) is 95.3 Å². The van der Waals surface area contributed by atoms with Crippen molar-refractivity contribution in [1.29, 1.82) is 0 Å². The molecule has 0 aliphatic rings.